The molecule has 216 valence electrons. The summed E-state index contributed by atoms with van der Waals surface area (Å²) in [5, 5.41) is 5.63. The molecule has 2 N–H and O–H groups in total. The molecule has 5 aromatic rings. The van der Waals surface area contributed by atoms with E-state index in [2.05, 4.69) is 44.8 Å². The Bertz CT molecular complexity index is 1890. The summed E-state index contributed by atoms with van der Waals surface area (Å²) in [5.74, 6) is -0.453. The van der Waals surface area contributed by atoms with Crippen LogP contribution in [0.2, 0.25) is 0 Å². The number of fused-ring (bicyclic) bond motifs is 3. The Morgan fingerprint density at radius 2 is 1.43 bits per heavy atom. The zero-order chi connectivity index (χ0) is 30.5. The maximum Gasteiger partial charge on any atom is 0.272 e. The van der Waals surface area contributed by atoms with E-state index in [0.29, 0.717) is 17.0 Å². The number of halogens is 1. The van der Waals surface area contributed by atoms with Gasteiger partial charge in [-0.3, -0.25) is 14.4 Å². The topological polar surface area (TPSA) is 75.3 Å². The zero-order valence-electron chi connectivity index (χ0n) is 23.5. The summed E-state index contributed by atoms with van der Waals surface area (Å²) < 4.78 is 0.909. The van der Waals surface area contributed by atoms with Crippen LogP contribution in [0, 0.1) is 0 Å². The number of amides is 2. The van der Waals surface area contributed by atoms with Gasteiger partial charge in [0.2, 0.25) is 0 Å². The van der Waals surface area contributed by atoms with Gasteiger partial charge in [0.1, 0.15) is 5.70 Å². The lowest BCUT2D eigenvalue weighted by atomic mass is 10.0. The molecule has 0 atom stereocenters. The fourth-order valence-electron chi connectivity index (χ4n) is 5.05. The van der Waals surface area contributed by atoms with E-state index in [1.807, 2.05) is 66.7 Å². The van der Waals surface area contributed by atoms with Crippen LogP contribution in [0.3, 0.4) is 0 Å². The number of carbonyl (C=O) groups excluding carboxylic acids is 3. The molecule has 0 radical (unpaired) electrons. The average Bonchev–Trinajstić information content (AvgIpc) is 3.43. The quantitative estimate of drug-likeness (QED) is 0.0929. The molecule has 0 unspecified atom stereocenters. The van der Waals surface area contributed by atoms with Crippen molar-refractivity contribution in [2.45, 2.75) is 11.3 Å². The van der Waals surface area contributed by atoms with Gasteiger partial charge in [-0.15, -0.1) is 11.8 Å². The number of hydrogen-bond donors (Lipinski definition) is 2. The normalized spacial score (nSPS) is 11.8. The minimum atomic E-state index is -0.452. The summed E-state index contributed by atoms with van der Waals surface area (Å²) in [6.45, 7) is 0. The molecule has 7 heteroatoms. The van der Waals surface area contributed by atoms with Crippen LogP contribution in [0.15, 0.2) is 136 Å². The lowest BCUT2D eigenvalue weighted by Crippen LogP contribution is -2.30. The van der Waals surface area contributed by atoms with Crippen molar-refractivity contribution in [2.24, 2.45) is 0 Å². The standard InChI is InChI=1S/C37H27BrN2O3S/c38-29-13-10-24(11-14-29)20-34(40-36(42)25-6-2-1-3-7-25)37(43)39-30-15-17-31(18-16-30)44-23-35(41)27-12-19-33-28(22-27)21-26-8-4-5-9-32(26)33/h1-20,22H,21,23H2,(H,39,43)(H,40,42)/b34-20-. The number of Topliss-reactive ketones (excluding diaryl/α,β-unsaturated/α-hetero) is 1. The van der Waals surface area contributed by atoms with Gasteiger partial charge in [-0.2, -0.15) is 0 Å². The minimum Gasteiger partial charge on any atom is -0.321 e. The van der Waals surface area contributed by atoms with Crippen molar-refractivity contribution in [1.82, 2.24) is 5.32 Å². The SMILES string of the molecule is O=C(Nc1ccc(SCC(=O)c2ccc3c(c2)Cc2ccccc2-3)cc1)/C(=C/c1ccc(Br)cc1)NC(=O)c1ccccc1. The number of thioether (sulfide) groups is 1. The van der Waals surface area contributed by atoms with Gasteiger partial charge in [0, 0.05) is 26.2 Å². The van der Waals surface area contributed by atoms with Gasteiger partial charge in [-0.05, 0) is 94.9 Å². The molecular formula is C37H27BrN2O3S. The third-order valence-corrected chi connectivity index (χ3v) is 8.85. The highest BCUT2D eigenvalue weighted by atomic mass is 79.9. The predicted molar refractivity (Wildman–Crippen MR) is 181 cm³/mol. The molecule has 1 aliphatic rings. The van der Waals surface area contributed by atoms with E-state index in [1.54, 1.807) is 42.5 Å². The van der Waals surface area contributed by atoms with Crippen LogP contribution in [0.5, 0.6) is 0 Å². The third kappa shape index (κ3) is 6.91. The lowest BCUT2D eigenvalue weighted by Gasteiger charge is -2.12. The van der Waals surface area contributed by atoms with Gasteiger partial charge >= 0.3 is 0 Å². The van der Waals surface area contributed by atoms with Gasteiger partial charge in [0.25, 0.3) is 11.8 Å². The first-order valence-corrected chi connectivity index (χ1v) is 15.8. The first kappa shape index (κ1) is 29.4. The fourth-order valence-corrected chi connectivity index (χ4v) is 6.11. The summed E-state index contributed by atoms with van der Waals surface area (Å²) >= 11 is 4.87. The molecule has 44 heavy (non-hydrogen) atoms. The Labute approximate surface area is 268 Å². The number of rotatable bonds is 9. The zero-order valence-corrected chi connectivity index (χ0v) is 26.0. The van der Waals surface area contributed by atoms with Gasteiger partial charge < -0.3 is 10.6 Å². The number of ketones is 1. The molecule has 0 aromatic heterocycles. The molecule has 2 amide bonds. The number of benzene rings is 5. The molecule has 0 saturated heterocycles. The van der Waals surface area contributed by atoms with E-state index < -0.39 is 5.91 Å². The predicted octanol–water partition coefficient (Wildman–Crippen LogP) is 8.40. The summed E-state index contributed by atoms with van der Waals surface area (Å²) in [4.78, 5) is 40.1. The van der Waals surface area contributed by atoms with Crippen molar-refractivity contribution in [1.29, 1.82) is 0 Å². The average molecular weight is 660 g/mol. The summed E-state index contributed by atoms with van der Waals surface area (Å²) in [5.41, 5.74) is 7.55. The van der Waals surface area contributed by atoms with Crippen molar-refractivity contribution in [3.05, 3.63) is 159 Å². The van der Waals surface area contributed by atoms with Crippen LogP contribution < -0.4 is 10.6 Å². The summed E-state index contributed by atoms with van der Waals surface area (Å²) in [6.07, 6.45) is 2.49. The Kier molecular flexibility index (Phi) is 8.86. The molecule has 0 spiro atoms. The maximum atomic E-state index is 13.3. The fraction of sp³-hybridized carbons (Fsp3) is 0.0541. The molecule has 0 bridgehead atoms. The Balaban J connectivity index is 1.09. The van der Waals surface area contributed by atoms with Crippen LogP contribution in [0.25, 0.3) is 17.2 Å². The van der Waals surface area contributed by atoms with Gasteiger partial charge in [-0.25, -0.2) is 0 Å². The largest absolute Gasteiger partial charge is 0.321 e. The third-order valence-electron chi connectivity index (χ3n) is 7.31. The molecule has 5 aromatic carbocycles. The Hall–Kier alpha value is -4.72. The monoisotopic (exact) mass is 658 g/mol. The molecular weight excluding hydrogens is 632 g/mol. The van der Waals surface area contributed by atoms with E-state index >= 15 is 0 Å². The van der Waals surface area contributed by atoms with E-state index in [-0.39, 0.29) is 17.4 Å². The van der Waals surface area contributed by atoms with E-state index in [0.717, 1.165) is 26.9 Å². The molecule has 0 fully saturated rings. The number of carbonyl (C=O) groups is 3. The molecule has 5 nitrogen and oxygen atoms in total. The Morgan fingerprint density at radius 1 is 0.727 bits per heavy atom. The Morgan fingerprint density at radius 3 is 2.20 bits per heavy atom. The van der Waals surface area contributed by atoms with Gasteiger partial charge in [0.05, 0.1) is 5.75 Å². The van der Waals surface area contributed by atoms with Crippen LogP contribution in [-0.4, -0.2) is 23.4 Å². The smallest absolute Gasteiger partial charge is 0.272 e. The second kappa shape index (κ2) is 13.3. The van der Waals surface area contributed by atoms with E-state index in [4.69, 9.17) is 0 Å². The highest BCUT2D eigenvalue weighted by Gasteiger charge is 2.20. The second-order valence-corrected chi connectivity index (χ2v) is 12.3. The van der Waals surface area contributed by atoms with Crippen molar-refractivity contribution in [3.8, 4) is 11.1 Å². The van der Waals surface area contributed by atoms with Crippen LogP contribution >= 0.6 is 27.7 Å². The van der Waals surface area contributed by atoms with Crippen molar-refractivity contribution >= 4 is 57.1 Å². The second-order valence-electron chi connectivity index (χ2n) is 10.3. The highest BCUT2D eigenvalue weighted by molar-refractivity contribution is 9.10. The first-order chi connectivity index (χ1) is 21.4. The van der Waals surface area contributed by atoms with Crippen LogP contribution in [-0.2, 0) is 11.2 Å². The number of nitrogens with one attached hydrogen (secondary N) is 2. The van der Waals surface area contributed by atoms with Crippen molar-refractivity contribution in [3.63, 3.8) is 0 Å². The molecule has 1 aliphatic carbocycles. The van der Waals surface area contributed by atoms with E-state index in [1.165, 1.54) is 34.0 Å². The molecule has 0 saturated carbocycles. The van der Waals surface area contributed by atoms with Crippen molar-refractivity contribution in [2.75, 3.05) is 11.1 Å². The first-order valence-electron chi connectivity index (χ1n) is 14.1. The van der Waals surface area contributed by atoms with Crippen molar-refractivity contribution < 1.29 is 14.4 Å². The lowest BCUT2D eigenvalue weighted by molar-refractivity contribution is -0.113. The number of anilines is 1. The summed E-state index contributed by atoms with van der Waals surface area (Å²) in [7, 11) is 0. The summed E-state index contributed by atoms with van der Waals surface area (Å²) in [6, 6.07) is 37.8. The molecule has 6 rings (SSSR count). The van der Waals surface area contributed by atoms with E-state index in [9.17, 15) is 14.4 Å². The molecule has 0 aliphatic heterocycles. The van der Waals surface area contributed by atoms with Crippen LogP contribution in [0.4, 0.5) is 5.69 Å². The van der Waals surface area contributed by atoms with Crippen LogP contribution in [0.1, 0.15) is 37.4 Å². The highest BCUT2D eigenvalue weighted by Crippen LogP contribution is 2.37. The maximum absolute atomic E-state index is 13.3. The number of hydrogen-bond acceptors (Lipinski definition) is 4. The van der Waals surface area contributed by atoms with Gasteiger partial charge in [-0.1, -0.05) is 82.7 Å². The van der Waals surface area contributed by atoms with Gasteiger partial charge in [0.15, 0.2) is 5.78 Å². The minimum absolute atomic E-state index is 0.0722. The molecule has 0 heterocycles.